The molecule has 0 radical (unpaired) electrons. The summed E-state index contributed by atoms with van der Waals surface area (Å²) in [5.74, 6) is 1.26. The molecule has 2 N–H and O–H groups in total. The van der Waals surface area contributed by atoms with Crippen LogP contribution < -0.4 is 14.8 Å². The molecule has 0 atom stereocenters. The first-order valence-electron chi connectivity index (χ1n) is 10.8. The molecule has 4 rings (SSSR count). The molecule has 0 bridgehead atoms. The molecule has 0 saturated carbocycles. The number of hydrogen-bond acceptors (Lipinski definition) is 6. The highest BCUT2D eigenvalue weighted by Gasteiger charge is 2.32. The SMILES string of the molecule is COc1ccc(/C=C2/SC(=S)N(CCC(=O)NCCc3c[nH]c4cc(OC)ccc34)C2=O)cc1. The van der Waals surface area contributed by atoms with Crippen LogP contribution in [0.4, 0.5) is 0 Å². The lowest BCUT2D eigenvalue weighted by Crippen LogP contribution is -2.34. The predicted molar refractivity (Wildman–Crippen MR) is 139 cm³/mol. The van der Waals surface area contributed by atoms with Crippen molar-refractivity contribution in [2.24, 2.45) is 0 Å². The standard InChI is InChI=1S/C25H25N3O4S2/c1-31-18-5-3-16(4-6-18)13-22-24(30)28(25(33)34-22)12-10-23(29)26-11-9-17-15-27-21-14-19(32-2)7-8-20(17)21/h3-8,13-15,27H,9-12H2,1-2H3,(H,26,29)/b22-13+. The van der Waals surface area contributed by atoms with E-state index < -0.39 is 0 Å². The number of amides is 2. The molecule has 1 saturated heterocycles. The van der Waals surface area contributed by atoms with E-state index in [-0.39, 0.29) is 24.8 Å². The van der Waals surface area contributed by atoms with Gasteiger partial charge in [0.15, 0.2) is 0 Å². The van der Waals surface area contributed by atoms with Gasteiger partial charge in [-0.15, -0.1) is 0 Å². The van der Waals surface area contributed by atoms with Crippen molar-refractivity contribution in [3.05, 3.63) is 64.7 Å². The largest absolute Gasteiger partial charge is 0.497 e. The van der Waals surface area contributed by atoms with E-state index in [0.29, 0.717) is 22.2 Å². The summed E-state index contributed by atoms with van der Waals surface area (Å²) in [5, 5.41) is 4.04. The van der Waals surface area contributed by atoms with Gasteiger partial charge in [-0.3, -0.25) is 14.5 Å². The van der Waals surface area contributed by atoms with E-state index in [1.165, 1.54) is 16.7 Å². The summed E-state index contributed by atoms with van der Waals surface area (Å²) < 4.78 is 10.9. The van der Waals surface area contributed by atoms with Crippen LogP contribution in [0.1, 0.15) is 17.5 Å². The van der Waals surface area contributed by atoms with Crippen molar-refractivity contribution in [2.45, 2.75) is 12.8 Å². The maximum atomic E-state index is 12.8. The van der Waals surface area contributed by atoms with E-state index in [4.69, 9.17) is 21.7 Å². The highest BCUT2D eigenvalue weighted by Crippen LogP contribution is 2.32. The Morgan fingerprint density at radius 3 is 2.62 bits per heavy atom. The first-order chi connectivity index (χ1) is 16.5. The minimum Gasteiger partial charge on any atom is -0.497 e. The lowest BCUT2D eigenvalue weighted by atomic mass is 10.1. The number of ether oxygens (including phenoxy) is 2. The summed E-state index contributed by atoms with van der Waals surface area (Å²) in [4.78, 5) is 30.4. The second-order valence-electron chi connectivity index (χ2n) is 7.68. The zero-order valence-electron chi connectivity index (χ0n) is 18.9. The Balaban J connectivity index is 1.27. The normalized spacial score (nSPS) is 14.8. The van der Waals surface area contributed by atoms with Gasteiger partial charge in [0, 0.05) is 42.7 Å². The van der Waals surface area contributed by atoms with Gasteiger partial charge in [0.25, 0.3) is 5.91 Å². The Morgan fingerprint density at radius 2 is 1.88 bits per heavy atom. The van der Waals surface area contributed by atoms with Crippen LogP contribution in [0.2, 0.25) is 0 Å². The fourth-order valence-corrected chi connectivity index (χ4v) is 4.99. The molecule has 7 nitrogen and oxygen atoms in total. The maximum absolute atomic E-state index is 12.8. The zero-order valence-corrected chi connectivity index (χ0v) is 20.6. The number of thioether (sulfide) groups is 1. The van der Waals surface area contributed by atoms with Gasteiger partial charge in [-0.1, -0.05) is 36.1 Å². The maximum Gasteiger partial charge on any atom is 0.266 e. The van der Waals surface area contributed by atoms with E-state index in [9.17, 15) is 9.59 Å². The molecule has 2 amide bonds. The van der Waals surface area contributed by atoms with Crippen LogP contribution in [0.25, 0.3) is 17.0 Å². The molecule has 2 heterocycles. The van der Waals surface area contributed by atoms with Crippen molar-refractivity contribution in [3.63, 3.8) is 0 Å². The third-order valence-corrected chi connectivity index (χ3v) is 6.92. The number of hydrogen-bond donors (Lipinski definition) is 2. The average Bonchev–Trinajstić information content (AvgIpc) is 3.37. The second kappa shape index (κ2) is 10.8. The highest BCUT2D eigenvalue weighted by molar-refractivity contribution is 8.26. The lowest BCUT2D eigenvalue weighted by Gasteiger charge is -2.14. The molecule has 1 fully saturated rings. The lowest BCUT2D eigenvalue weighted by molar-refractivity contribution is -0.123. The van der Waals surface area contributed by atoms with Crippen molar-refractivity contribution in [2.75, 3.05) is 27.3 Å². The number of fused-ring (bicyclic) bond motifs is 1. The molecule has 1 aliphatic rings. The number of benzene rings is 2. The summed E-state index contributed by atoms with van der Waals surface area (Å²) >= 11 is 6.62. The number of thiocarbonyl (C=S) groups is 1. The molecule has 1 aromatic heterocycles. The Morgan fingerprint density at radius 1 is 1.15 bits per heavy atom. The van der Waals surface area contributed by atoms with Gasteiger partial charge in [-0.2, -0.15) is 0 Å². The zero-order chi connectivity index (χ0) is 24.1. The highest BCUT2D eigenvalue weighted by atomic mass is 32.2. The summed E-state index contributed by atoms with van der Waals surface area (Å²) in [5.41, 5.74) is 3.01. The van der Waals surface area contributed by atoms with Crippen LogP contribution in [0.3, 0.4) is 0 Å². The summed E-state index contributed by atoms with van der Waals surface area (Å²) in [7, 11) is 3.25. The molecule has 0 unspecified atom stereocenters. The van der Waals surface area contributed by atoms with Gasteiger partial charge in [0.05, 0.1) is 19.1 Å². The molecule has 0 spiro atoms. The van der Waals surface area contributed by atoms with Crippen LogP contribution >= 0.6 is 24.0 Å². The van der Waals surface area contributed by atoms with Gasteiger partial charge in [-0.25, -0.2) is 0 Å². The Hall–Kier alpha value is -3.30. The number of nitrogens with zero attached hydrogens (tertiary/aromatic N) is 1. The fourth-order valence-electron chi connectivity index (χ4n) is 3.68. The average molecular weight is 496 g/mol. The number of aromatic nitrogens is 1. The second-order valence-corrected chi connectivity index (χ2v) is 9.36. The number of aromatic amines is 1. The van der Waals surface area contributed by atoms with Crippen LogP contribution in [0, 0.1) is 0 Å². The van der Waals surface area contributed by atoms with E-state index in [2.05, 4.69) is 10.3 Å². The van der Waals surface area contributed by atoms with Crippen molar-refractivity contribution >= 4 is 57.1 Å². The minimum absolute atomic E-state index is 0.116. The van der Waals surface area contributed by atoms with E-state index in [0.717, 1.165) is 33.5 Å². The van der Waals surface area contributed by atoms with Gasteiger partial charge in [0.1, 0.15) is 15.8 Å². The van der Waals surface area contributed by atoms with Crippen molar-refractivity contribution in [1.82, 2.24) is 15.2 Å². The van der Waals surface area contributed by atoms with Crippen LogP contribution in [0.5, 0.6) is 11.5 Å². The molecular formula is C25H25N3O4S2. The molecule has 34 heavy (non-hydrogen) atoms. The number of H-pyrrole nitrogens is 1. The molecule has 176 valence electrons. The molecule has 2 aromatic carbocycles. The number of carbonyl (C=O) groups excluding carboxylic acids is 2. The van der Waals surface area contributed by atoms with Gasteiger partial charge in [0.2, 0.25) is 5.91 Å². The monoisotopic (exact) mass is 495 g/mol. The molecule has 0 aliphatic carbocycles. The molecule has 1 aliphatic heterocycles. The van der Waals surface area contributed by atoms with Gasteiger partial charge in [-0.05, 0) is 47.9 Å². The van der Waals surface area contributed by atoms with Crippen LogP contribution in [-0.4, -0.2) is 53.3 Å². The van der Waals surface area contributed by atoms with Gasteiger partial charge >= 0.3 is 0 Å². The third kappa shape index (κ3) is 5.43. The van der Waals surface area contributed by atoms with Crippen molar-refractivity contribution in [1.29, 1.82) is 0 Å². The first-order valence-corrected chi connectivity index (χ1v) is 12.0. The van der Waals surface area contributed by atoms with Crippen LogP contribution in [0.15, 0.2) is 53.6 Å². The number of methoxy groups -OCH3 is 2. The summed E-state index contributed by atoms with van der Waals surface area (Å²) in [6.07, 6.45) is 4.64. The molecule has 3 aromatic rings. The summed E-state index contributed by atoms with van der Waals surface area (Å²) in [6, 6.07) is 13.3. The van der Waals surface area contributed by atoms with E-state index in [1.807, 2.05) is 48.7 Å². The fraction of sp³-hybridized carbons (Fsp3) is 0.240. The predicted octanol–water partition coefficient (Wildman–Crippen LogP) is 4.14. The Labute approximate surface area is 207 Å². The molecular weight excluding hydrogens is 470 g/mol. The van der Waals surface area contributed by atoms with E-state index >= 15 is 0 Å². The van der Waals surface area contributed by atoms with Crippen molar-refractivity contribution in [3.8, 4) is 11.5 Å². The van der Waals surface area contributed by atoms with Gasteiger partial charge < -0.3 is 19.8 Å². The quantitative estimate of drug-likeness (QED) is 0.343. The van der Waals surface area contributed by atoms with Crippen molar-refractivity contribution < 1.29 is 19.1 Å². The number of carbonyl (C=O) groups is 2. The number of rotatable bonds is 9. The smallest absolute Gasteiger partial charge is 0.266 e. The summed E-state index contributed by atoms with van der Waals surface area (Å²) in [6.45, 7) is 0.761. The van der Waals surface area contributed by atoms with E-state index in [1.54, 1.807) is 20.3 Å². The Kier molecular flexibility index (Phi) is 7.54. The molecule has 9 heteroatoms. The first kappa shape index (κ1) is 23.8. The Bertz CT molecular complexity index is 1250. The van der Waals surface area contributed by atoms with Crippen LogP contribution in [-0.2, 0) is 16.0 Å². The number of nitrogens with one attached hydrogen (secondary N) is 2. The third-order valence-electron chi connectivity index (χ3n) is 5.54. The topological polar surface area (TPSA) is 83.7 Å². The minimum atomic E-state index is -0.173.